The van der Waals surface area contributed by atoms with Crippen LogP contribution in [0.5, 0.6) is 0 Å². The Morgan fingerprint density at radius 3 is 2.48 bits per heavy atom. The van der Waals surface area contributed by atoms with Crippen LogP contribution in [0.25, 0.3) is 0 Å². The van der Waals surface area contributed by atoms with Crippen LogP contribution in [0, 0.1) is 11.8 Å². The minimum absolute atomic E-state index is 0.510. The third kappa shape index (κ3) is 4.82. The van der Waals surface area contributed by atoms with Gasteiger partial charge >= 0.3 is 0 Å². The Morgan fingerprint density at radius 1 is 1.00 bits per heavy atom. The van der Waals surface area contributed by atoms with Crippen LogP contribution in [0.4, 0.5) is 0 Å². The maximum absolute atomic E-state index is 5.77. The first kappa shape index (κ1) is 15.1. The summed E-state index contributed by atoms with van der Waals surface area (Å²) in [6.07, 6.45) is 9.71. The van der Waals surface area contributed by atoms with Gasteiger partial charge in [0.05, 0.1) is 6.61 Å². The molecule has 3 rings (SSSR count). The van der Waals surface area contributed by atoms with Crippen LogP contribution in [-0.4, -0.2) is 19.8 Å². The van der Waals surface area contributed by atoms with Crippen molar-refractivity contribution in [3.05, 3.63) is 35.9 Å². The molecule has 1 aromatic carbocycles. The lowest BCUT2D eigenvalue weighted by Crippen LogP contribution is -2.32. The molecular weight excluding hydrogens is 258 g/mol. The minimum atomic E-state index is 0.510. The van der Waals surface area contributed by atoms with E-state index in [4.69, 9.17) is 4.74 Å². The van der Waals surface area contributed by atoms with E-state index in [-0.39, 0.29) is 0 Å². The average Bonchev–Trinajstić information content (AvgIpc) is 3.37. The molecule has 2 saturated carbocycles. The zero-order valence-corrected chi connectivity index (χ0v) is 13.1. The van der Waals surface area contributed by atoms with Crippen molar-refractivity contribution in [3.63, 3.8) is 0 Å². The molecule has 0 amide bonds. The molecule has 1 atom stereocenters. The van der Waals surface area contributed by atoms with Crippen molar-refractivity contribution >= 4 is 0 Å². The highest BCUT2D eigenvalue weighted by molar-refractivity contribution is 5.19. The van der Waals surface area contributed by atoms with Crippen molar-refractivity contribution in [2.75, 3.05) is 19.8 Å². The molecule has 0 radical (unpaired) electrons. The molecule has 2 aliphatic carbocycles. The Morgan fingerprint density at radius 2 is 1.76 bits per heavy atom. The van der Waals surface area contributed by atoms with E-state index in [2.05, 4.69) is 35.6 Å². The predicted molar refractivity (Wildman–Crippen MR) is 87.3 cm³/mol. The van der Waals surface area contributed by atoms with Gasteiger partial charge in [0.1, 0.15) is 0 Å². The largest absolute Gasteiger partial charge is 0.380 e. The van der Waals surface area contributed by atoms with Gasteiger partial charge in [-0.3, -0.25) is 0 Å². The quantitative estimate of drug-likeness (QED) is 0.719. The normalized spacial score (nSPS) is 21.3. The lowest BCUT2D eigenvalue weighted by Gasteiger charge is -2.31. The number of ether oxygens (including phenoxy) is 1. The van der Waals surface area contributed by atoms with E-state index >= 15 is 0 Å². The molecule has 116 valence electrons. The van der Waals surface area contributed by atoms with Gasteiger partial charge in [-0.2, -0.15) is 0 Å². The summed E-state index contributed by atoms with van der Waals surface area (Å²) >= 11 is 0. The molecule has 2 heteroatoms. The zero-order valence-electron chi connectivity index (χ0n) is 13.1. The van der Waals surface area contributed by atoms with Crippen molar-refractivity contribution in [2.45, 2.75) is 51.0 Å². The minimum Gasteiger partial charge on any atom is -0.380 e. The Labute approximate surface area is 129 Å². The monoisotopic (exact) mass is 287 g/mol. The summed E-state index contributed by atoms with van der Waals surface area (Å²) < 4.78 is 5.77. The number of rotatable bonds is 8. The average molecular weight is 287 g/mol. The molecule has 1 N–H and O–H groups in total. The summed E-state index contributed by atoms with van der Waals surface area (Å²) in [5.74, 6) is 1.66. The van der Waals surface area contributed by atoms with Crippen LogP contribution in [0.3, 0.4) is 0 Å². The van der Waals surface area contributed by atoms with Crippen LogP contribution in [-0.2, 0) is 4.74 Å². The summed E-state index contributed by atoms with van der Waals surface area (Å²) in [7, 11) is 0. The zero-order chi connectivity index (χ0) is 14.3. The van der Waals surface area contributed by atoms with Gasteiger partial charge in [0.2, 0.25) is 0 Å². The maximum Gasteiger partial charge on any atom is 0.0591 e. The molecule has 0 bridgehead atoms. The van der Waals surface area contributed by atoms with Crippen LogP contribution in [0.2, 0.25) is 0 Å². The number of hydrogen-bond donors (Lipinski definition) is 1. The van der Waals surface area contributed by atoms with Crippen molar-refractivity contribution < 1.29 is 4.74 Å². The van der Waals surface area contributed by atoms with Gasteiger partial charge in [0, 0.05) is 19.2 Å². The lowest BCUT2D eigenvalue weighted by molar-refractivity contribution is 0.120. The molecule has 0 saturated heterocycles. The van der Waals surface area contributed by atoms with E-state index in [0.29, 0.717) is 6.04 Å². The lowest BCUT2D eigenvalue weighted by atomic mass is 9.81. The fourth-order valence-corrected chi connectivity index (χ4v) is 3.51. The van der Waals surface area contributed by atoms with Crippen LogP contribution in [0.15, 0.2) is 30.3 Å². The van der Waals surface area contributed by atoms with Crippen LogP contribution in [0.1, 0.15) is 56.6 Å². The molecule has 2 fully saturated rings. The van der Waals surface area contributed by atoms with Gasteiger partial charge in [-0.15, -0.1) is 0 Å². The number of nitrogens with one attached hydrogen (secondary N) is 1. The van der Waals surface area contributed by atoms with Crippen molar-refractivity contribution in [3.8, 4) is 0 Å². The van der Waals surface area contributed by atoms with Crippen LogP contribution >= 0.6 is 0 Å². The number of benzene rings is 1. The molecule has 0 aliphatic heterocycles. The molecule has 0 spiro atoms. The smallest absolute Gasteiger partial charge is 0.0591 e. The summed E-state index contributed by atoms with van der Waals surface area (Å²) in [5.41, 5.74) is 1.45. The molecular formula is C19H29NO. The van der Waals surface area contributed by atoms with Crippen LogP contribution < -0.4 is 5.32 Å². The molecule has 0 heterocycles. The summed E-state index contributed by atoms with van der Waals surface area (Å²) in [4.78, 5) is 0. The van der Waals surface area contributed by atoms with E-state index in [1.165, 1.54) is 50.5 Å². The third-order valence-electron chi connectivity index (χ3n) is 4.94. The van der Waals surface area contributed by atoms with Gasteiger partial charge in [0.15, 0.2) is 0 Å². The van der Waals surface area contributed by atoms with E-state index < -0.39 is 0 Å². The second-order valence-corrected chi connectivity index (χ2v) is 6.76. The first-order valence-corrected chi connectivity index (χ1v) is 8.79. The van der Waals surface area contributed by atoms with Gasteiger partial charge in [-0.25, -0.2) is 0 Å². The second-order valence-electron chi connectivity index (χ2n) is 6.76. The molecule has 2 nitrogen and oxygen atoms in total. The first-order valence-electron chi connectivity index (χ1n) is 8.79. The highest BCUT2D eigenvalue weighted by Crippen LogP contribution is 2.34. The topological polar surface area (TPSA) is 21.3 Å². The van der Waals surface area contributed by atoms with Crippen molar-refractivity contribution in [1.82, 2.24) is 5.32 Å². The second kappa shape index (κ2) is 7.95. The van der Waals surface area contributed by atoms with Gasteiger partial charge in [-0.05, 0) is 43.1 Å². The molecule has 1 aromatic rings. The number of hydrogen-bond acceptors (Lipinski definition) is 2. The van der Waals surface area contributed by atoms with E-state index in [9.17, 15) is 0 Å². The molecule has 21 heavy (non-hydrogen) atoms. The van der Waals surface area contributed by atoms with Crippen molar-refractivity contribution in [1.29, 1.82) is 0 Å². The highest BCUT2D eigenvalue weighted by Gasteiger charge is 2.24. The molecule has 1 unspecified atom stereocenters. The fourth-order valence-electron chi connectivity index (χ4n) is 3.51. The Hall–Kier alpha value is -0.860. The van der Waals surface area contributed by atoms with Gasteiger partial charge < -0.3 is 10.1 Å². The van der Waals surface area contributed by atoms with E-state index in [1.54, 1.807) is 0 Å². The Kier molecular flexibility index (Phi) is 5.70. The summed E-state index contributed by atoms with van der Waals surface area (Å²) in [6, 6.07) is 11.5. The standard InChI is InChI=1S/C19H29NO/c1-3-7-17(8-4-1)19(18-9-5-2-6-10-18)20-13-14-21-15-16-11-12-16/h1,3-4,7-8,16,18-20H,2,5-6,9-15H2. The summed E-state index contributed by atoms with van der Waals surface area (Å²) in [5, 5.41) is 3.77. The van der Waals surface area contributed by atoms with Crippen molar-refractivity contribution in [2.24, 2.45) is 11.8 Å². The molecule has 2 aliphatic rings. The fraction of sp³-hybridized carbons (Fsp3) is 0.684. The maximum atomic E-state index is 5.77. The Bertz CT molecular complexity index is 395. The highest BCUT2D eigenvalue weighted by atomic mass is 16.5. The predicted octanol–water partition coefficient (Wildman–Crippen LogP) is 4.32. The SMILES string of the molecule is c1ccc(C(NCCOCC2CC2)C2CCCCC2)cc1. The Balaban J connectivity index is 1.50. The summed E-state index contributed by atoms with van der Waals surface area (Å²) in [6.45, 7) is 2.80. The third-order valence-corrected chi connectivity index (χ3v) is 4.94. The first-order chi connectivity index (χ1) is 10.4. The van der Waals surface area contributed by atoms with Gasteiger partial charge in [-0.1, -0.05) is 49.6 Å². The van der Waals surface area contributed by atoms with E-state index in [1.807, 2.05) is 0 Å². The van der Waals surface area contributed by atoms with Gasteiger partial charge in [0.25, 0.3) is 0 Å². The molecule has 0 aromatic heterocycles. The van der Waals surface area contributed by atoms with E-state index in [0.717, 1.165) is 31.6 Å².